The maximum Gasteiger partial charge on any atom is 0.227 e. The van der Waals surface area contributed by atoms with Crippen molar-refractivity contribution in [2.45, 2.75) is 52.9 Å². The van der Waals surface area contributed by atoms with Crippen molar-refractivity contribution in [3.63, 3.8) is 0 Å². The van der Waals surface area contributed by atoms with Crippen molar-refractivity contribution >= 4 is 11.7 Å². The molecule has 0 aromatic heterocycles. The van der Waals surface area contributed by atoms with Crippen LogP contribution in [0.4, 0.5) is 0 Å². The minimum Gasteiger partial charge on any atom is -0.409 e. The van der Waals surface area contributed by atoms with Gasteiger partial charge >= 0.3 is 0 Å². The summed E-state index contributed by atoms with van der Waals surface area (Å²) >= 11 is 0. The van der Waals surface area contributed by atoms with Crippen molar-refractivity contribution in [1.82, 2.24) is 5.32 Å². The van der Waals surface area contributed by atoms with E-state index in [-0.39, 0.29) is 23.6 Å². The van der Waals surface area contributed by atoms with Crippen LogP contribution in [-0.4, -0.2) is 23.5 Å². The smallest absolute Gasteiger partial charge is 0.227 e. The van der Waals surface area contributed by atoms with Crippen LogP contribution in [0.5, 0.6) is 0 Å². The second-order valence-corrected chi connectivity index (χ2v) is 5.17. The van der Waals surface area contributed by atoms with Gasteiger partial charge in [-0.2, -0.15) is 0 Å². The Hall–Kier alpha value is -1.26. The first-order valence-electron chi connectivity index (χ1n) is 6.14. The lowest BCUT2D eigenvalue weighted by molar-refractivity contribution is -0.120. The van der Waals surface area contributed by atoms with Crippen LogP contribution in [-0.2, 0) is 4.79 Å². The molecule has 0 saturated heterocycles. The summed E-state index contributed by atoms with van der Waals surface area (Å²) in [5.74, 6) is -0.268. The Balaban J connectivity index is 3.88. The second kappa shape index (κ2) is 7.92. The zero-order valence-electron chi connectivity index (χ0n) is 11.1. The highest BCUT2D eigenvalue weighted by Crippen LogP contribution is 2.22. The number of nitrogens with one attached hydrogen (secondary N) is 1. The SMILES string of the molecule is CCCCCC(C)(C)CNC(=O)CC(N)=NO. The molecule has 0 aliphatic rings. The molecule has 0 saturated carbocycles. The lowest BCUT2D eigenvalue weighted by atomic mass is 9.87. The number of amidine groups is 1. The highest BCUT2D eigenvalue weighted by molar-refractivity contribution is 5.98. The van der Waals surface area contributed by atoms with Crippen LogP contribution in [0, 0.1) is 5.41 Å². The van der Waals surface area contributed by atoms with E-state index in [4.69, 9.17) is 10.9 Å². The second-order valence-electron chi connectivity index (χ2n) is 5.17. The van der Waals surface area contributed by atoms with Crippen molar-refractivity contribution in [3.05, 3.63) is 0 Å². The predicted octanol–water partition coefficient (Wildman–Crippen LogP) is 1.85. The molecule has 5 heteroatoms. The van der Waals surface area contributed by atoms with Crippen molar-refractivity contribution in [2.75, 3.05) is 6.54 Å². The van der Waals surface area contributed by atoms with Crippen LogP contribution >= 0.6 is 0 Å². The fourth-order valence-electron chi connectivity index (χ4n) is 1.54. The Morgan fingerprint density at radius 1 is 1.41 bits per heavy atom. The first-order chi connectivity index (χ1) is 7.91. The average Bonchev–Trinajstić information content (AvgIpc) is 2.26. The minimum absolute atomic E-state index is 0.0540. The van der Waals surface area contributed by atoms with E-state index in [9.17, 15) is 4.79 Å². The van der Waals surface area contributed by atoms with Gasteiger partial charge in [0, 0.05) is 6.54 Å². The molecular formula is C12H25N3O2. The number of rotatable bonds is 8. The molecule has 0 unspecified atom stereocenters. The predicted molar refractivity (Wildman–Crippen MR) is 69.0 cm³/mol. The van der Waals surface area contributed by atoms with E-state index >= 15 is 0 Å². The monoisotopic (exact) mass is 243 g/mol. The van der Waals surface area contributed by atoms with Crippen molar-refractivity contribution in [2.24, 2.45) is 16.3 Å². The van der Waals surface area contributed by atoms with Gasteiger partial charge in [0.1, 0.15) is 5.84 Å². The maximum atomic E-state index is 11.4. The summed E-state index contributed by atoms with van der Waals surface area (Å²) in [4.78, 5) is 11.4. The average molecular weight is 243 g/mol. The van der Waals surface area contributed by atoms with Crippen LogP contribution in [0.15, 0.2) is 5.16 Å². The van der Waals surface area contributed by atoms with Crippen LogP contribution in [0.1, 0.15) is 52.9 Å². The summed E-state index contributed by atoms with van der Waals surface area (Å²) in [6.45, 7) is 7.05. The largest absolute Gasteiger partial charge is 0.409 e. The number of amides is 1. The van der Waals surface area contributed by atoms with E-state index < -0.39 is 0 Å². The molecule has 0 radical (unpaired) electrons. The number of oxime groups is 1. The van der Waals surface area contributed by atoms with E-state index in [1.807, 2.05) is 0 Å². The molecule has 0 aromatic carbocycles. The molecule has 0 aliphatic heterocycles. The zero-order chi connectivity index (χ0) is 13.3. The summed E-state index contributed by atoms with van der Waals surface area (Å²) < 4.78 is 0. The highest BCUT2D eigenvalue weighted by Gasteiger charge is 2.18. The minimum atomic E-state index is -0.205. The van der Waals surface area contributed by atoms with Gasteiger partial charge in [-0.15, -0.1) is 0 Å². The Morgan fingerprint density at radius 2 is 2.06 bits per heavy atom. The van der Waals surface area contributed by atoms with E-state index in [0.29, 0.717) is 6.54 Å². The molecule has 0 spiro atoms. The number of nitrogens with zero attached hydrogens (tertiary/aromatic N) is 1. The molecular weight excluding hydrogens is 218 g/mol. The van der Waals surface area contributed by atoms with E-state index in [1.165, 1.54) is 19.3 Å². The van der Waals surface area contributed by atoms with Gasteiger partial charge < -0.3 is 16.3 Å². The normalized spacial score (nSPS) is 12.5. The van der Waals surface area contributed by atoms with Gasteiger partial charge in [0.2, 0.25) is 5.91 Å². The number of hydrogen-bond acceptors (Lipinski definition) is 3. The van der Waals surface area contributed by atoms with Gasteiger partial charge in [0.05, 0.1) is 6.42 Å². The van der Waals surface area contributed by atoms with Crippen LogP contribution in [0.25, 0.3) is 0 Å². The maximum absolute atomic E-state index is 11.4. The lowest BCUT2D eigenvalue weighted by Crippen LogP contribution is -2.36. The summed E-state index contributed by atoms with van der Waals surface area (Å²) in [5.41, 5.74) is 5.34. The fourth-order valence-corrected chi connectivity index (χ4v) is 1.54. The van der Waals surface area contributed by atoms with Gasteiger partial charge in [0.25, 0.3) is 0 Å². The quantitative estimate of drug-likeness (QED) is 0.200. The Morgan fingerprint density at radius 3 is 2.59 bits per heavy atom. The van der Waals surface area contributed by atoms with E-state index in [0.717, 1.165) is 6.42 Å². The van der Waals surface area contributed by atoms with Gasteiger partial charge in [-0.25, -0.2) is 0 Å². The zero-order valence-corrected chi connectivity index (χ0v) is 11.1. The number of hydrogen-bond donors (Lipinski definition) is 3. The molecule has 0 aromatic rings. The Kier molecular flexibility index (Phi) is 7.34. The molecule has 0 fully saturated rings. The summed E-state index contributed by atoms with van der Waals surface area (Å²) in [5, 5.41) is 13.9. The molecule has 0 heterocycles. The third-order valence-corrected chi connectivity index (χ3v) is 2.69. The Bertz CT molecular complexity index is 262. The van der Waals surface area contributed by atoms with Gasteiger partial charge in [-0.05, 0) is 11.8 Å². The van der Waals surface area contributed by atoms with E-state index in [1.54, 1.807) is 0 Å². The number of carbonyl (C=O) groups is 1. The van der Waals surface area contributed by atoms with Gasteiger partial charge in [0.15, 0.2) is 0 Å². The molecule has 4 N–H and O–H groups in total. The molecule has 0 bridgehead atoms. The highest BCUT2D eigenvalue weighted by atomic mass is 16.4. The van der Waals surface area contributed by atoms with Crippen molar-refractivity contribution in [1.29, 1.82) is 0 Å². The van der Waals surface area contributed by atoms with Crippen molar-refractivity contribution in [3.8, 4) is 0 Å². The van der Waals surface area contributed by atoms with Crippen LogP contribution in [0.3, 0.4) is 0 Å². The molecule has 0 atom stereocenters. The van der Waals surface area contributed by atoms with Crippen LogP contribution < -0.4 is 11.1 Å². The molecule has 0 rings (SSSR count). The molecule has 0 aliphatic carbocycles. The fraction of sp³-hybridized carbons (Fsp3) is 0.833. The number of unbranched alkanes of at least 4 members (excludes halogenated alkanes) is 2. The molecule has 1 amide bonds. The first kappa shape index (κ1) is 15.7. The summed E-state index contributed by atoms with van der Waals surface area (Å²) in [6.07, 6.45) is 4.64. The van der Waals surface area contributed by atoms with Crippen LogP contribution in [0.2, 0.25) is 0 Å². The standard InChI is InChI=1S/C12H25N3O2/c1-4-5-6-7-12(2,3)9-14-11(16)8-10(13)15-17/h17H,4-9H2,1-3H3,(H2,13,15)(H,14,16). The van der Waals surface area contributed by atoms with Gasteiger partial charge in [-0.3, -0.25) is 4.79 Å². The first-order valence-corrected chi connectivity index (χ1v) is 6.14. The molecule has 100 valence electrons. The third-order valence-electron chi connectivity index (χ3n) is 2.69. The lowest BCUT2D eigenvalue weighted by Gasteiger charge is -2.24. The molecule has 17 heavy (non-hydrogen) atoms. The number of nitrogens with two attached hydrogens (primary N) is 1. The Labute approximate surface area is 103 Å². The summed E-state index contributed by atoms with van der Waals surface area (Å²) in [6, 6.07) is 0. The number of carbonyl (C=O) groups excluding carboxylic acids is 1. The molecule has 5 nitrogen and oxygen atoms in total. The summed E-state index contributed by atoms with van der Waals surface area (Å²) in [7, 11) is 0. The topological polar surface area (TPSA) is 87.7 Å². The third kappa shape index (κ3) is 8.54. The van der Waals surface area contributed by atoms with Gasteiger partial charge in [-0.1, -0.05) is 45.2 Å². The van der Waals surface area contributed by atoms with E-state index in [2.05, 4.69) is 31.2 Å². The van der Waals surface area contributed by atoms with Crippen molar-refractivity contribution < 1.29 is 10.0 Å².